The molecule has 0 unspecified atom stereocenters. The molecular formula is C9H9BrN4. The van der Waals surface area contributed by atoms with Crippen molar-refractivity contribution < 1.29 is 0 Å². The second-order valence-electron chi connectivity index (χ2n) is 2.79. The quantitative estimate of drug-likeness (QED) is 0.882. The minimum absolute atomic E-state index is 0.446. The third-order valence-corrected chi connectivity index (χ3v) is 2.28. The van der Waals surface area contributed by atoms with E-state index in [-0.39, 0.29) is 0 Å². The van der Waals surface area contributed by atoms with Gasteiger partial charge in [0, 0.05) is 35.2 Å². The van der Waals surface area contributed by atoms with Gasteiger partial charge in [-0.3, -0.25) is 0 Å². The van der Waals surface area contributed by atoms with Crippen LogP contribution in [0.25, 0.3) is 5.82 Å². The molecule has 0 radical (unpaired) electrons. The van der Waals surface area contributed by atoms with Gasteiger partial charge in [0.05, 0.1) is 0 Å². The maximum absolute atomic E-state index is 5.62. The van der Waals surface area contributed by atoms with Crippen LogP contribution in [0.3, 0.4) is 0 Å². The van der Waals surface area contributed by atoms with Crippen LogP contribution in [0, 0.1) is 0 Å². The molecular weight excluding hydrogens is 244 g/mol. The lowest BCUT2D eigenvalue weighted by molar-refractivity contribution is 0.822. The summed E-state index contributed by atoms with van der Waals surface area (Å²) in [6.45, 7) is 0.446. The van der Waals surface area contributed by atoms with Crippen LogP contribution in [-0.4, -0.2) is 14.8 Å². The second kappa shape index (κ2) is 3.89. The first-order chi connectivity index (χ1) is 6.81. The number of hydrogen-bond acceptors (Lipinski definition) is 3. The van der Waals surface area contributed by atoms with Crippen molar-refractivity contribution in [1.29, 1.82) is 0 Å². The standard InChI is InChI=1S/C9H9BrN4/c10-8-4-7(5-11)9(12-6-8)14-3-1-2-13-14/h1-4,6H,5,11H2. The largest absolute Gasteiger partial charge is 0.326 e. The molecule has 0 bridgehead atoms. The van der Waals surface area contributed by atoms with Crippen molar-refractivity contribution >= 4 is 15.9 Å². The van der Waals surface area contributed by atoms with Gasteiger partial charge in [-0.15, -0.1) is 0 Å². The smallest absolute Gasteiger partial charge is 0.157 e. The Balaban J connectivity index is 2.53. The molecule has 2 aromatic heterocycles. The minimum Gasteiger partial charge on any atom is -0.326 e. The molecule has 0 atom stereocenters. The van der Waals surface area contributed by atoms with Gasteiger partial charge in [-0.1, -0.05) is 0 Å². The molecule has 0 aromatic carbocycles. The molecule has 4 nitrogen and oxygen atoms in total. The molecule has 0 saturated heterocycles. The fourth-order valence-electron chi connectivity index (χ4n) is 1.22. The Morgan fingerprint density at radius 2 is 2.36 bits per heavy atom. The Morgan fingerprint density at radius 1 is 1.50 bits per heavy atom. The molecule has 0 fully saturated rings. The van der Waals surface area contributed by atoms with Crippen LogP contribution < -0.4 is 5.73 Å². The van der Waals surface area contributed by atoms with E-state index >= 15 is 0 Å². The van der Waals surface area contributed by atoms with Crippen molar-refractivity contribution in [1.82, 2.24) is 14.8 Å². The monoisotopic (exact) mass is 252 g/mol. The first kappa shape index (κ1) is 9.36. The van der Waals surface area contributed by atoms with Crippen LogP contribution in [0.4, 0.5) is 0 Å². The topological polar surface area (TPSA) is 56.7 Å². The number of rotatable bonds is 2. The fraction of sp³-hybridized carbons (Fsp3) is 0.111. The fourth-order valence-corrected chi connectivity index (χ4v) is 1.60. The summed E-state index contributed by atoms with van der Waals surface area (Å²) in [5, 5.41) is 4.11. The van der Waals surface area contributed by atoms with E-state index in [9.17, 15) is 0 Å². The Labute approximate surface area is 89.9 Å². The molecule has 2 rings (SSSR count). The molecule has 5 heteroatoms. The zero-order valence-corrected chi connectivity index (χ0v) is 8.98. The van der Waals surface area contributed by atoms with Crippen molar-refractivity contribution in [3.63, 3.8) is 0 Å². The van der Waals surface area contributed by atoms with Crippen LogP contribution in [0.2, 0.25) is 0 Å². The lowest BCUT2D eigenvalue weighted by atomic mass is 10.2. The van der Waals surface area contributed by atoms with Crippen LogP contribution >= 0.6 is 15.9 Å². The summed E-state index contributed by atoms with van der Waals surface area (Å²) in [6, 6.07) is 3.80. The minimum atomic E-state index is 0.446. The van der Waals surface area contributed by atoms with E-state index in [2.05, 4.69) is 26.0 Å². The van der Waals surface area contributed by atoms with Gasteiger partial charge >= 0.3 is 0 Å². The summed E-state index contributed by atoms with van der Waals surface area (Å²) in [6.07, 6.45) is 5.29. The second-order valence-corrected chi connectivity index (χ2v) is 3.71. The highest BCUT2D eigenvalue weighted by Gasteiger charge is 2.05. The molecule has 14 heavy (non-hydrogen) atoms. The average Bonchev–Trinajstić information content (AvgIpc) is 2.70. The number of nitrogens with zero attached hydrogens (tertiary/aromatic N) is 3. The first-order valence-corrected chi connectivity index (χ1v) is 4.95. The maximum Gasteiger partial charge on any atom is 0.157 e. The van der Waals surface area contributed by atoms with E-state index in [1.54, 1.807) is 17.1 Å². The predicted molar refractivity (Wildman–Crippen MR) is 57.0 cm³/mol. The van der Waals surface area contributed by atoms with E-state index in [0.717, 1.165) is 15.9 Å². The molecule has 2 heterocycles. The highest BCUT2D eigenvalue weighted by Crippen LogP contribution is 2.15. The van der Waals surface area contributed by atoms with Crippen LogP contribution in [0.15, 0.2) is 35.2 Å². The summed E-state index contributed by atoms with van der Waals surface area (Å²) in [4.78, 5) is 4.27. The summed E-state index contributed by atoms with van der Waals surface area (Å²) in [7, 11) is 0. The van der Waals surface area contributed by atoms with Crippen molar-refractivity contribution in [2.75, 3.05) is 0 Å². The summed E-state index contributed by atoms with van der Waals surface area (Å²) < 4.78 is 2.63. The molecule has 0 aliphatic carbocycles. The van der Waals surface area contributed by atoms with E-state index in [1.165, 1.54) is 0 Å². The summed E-state index contributed by atoms with van der Waals surface area (Å²) >= 11 is 3.35. The van der Waals surface area contributed by atoms with Crippen LogP contribution in [-0.2, 0) is 6.54 Å². The summed E-state index contributed by atoms with van der Waals surface area (Å²) in [5.41, 5.74) is 6.58. The number of hydrogen-bond donors (Lipinski definition) is 1. The number of pyridine rings is 1. The third-order valence-electron chi connectivity index (χ3n) is 1.85. The van der Waals surface area contributed by atoms with Gasteiger partial charge in [-0.05, 0) is 28.1 Å². The van der Waals surface area contributed by atoms with Gasteiger partial charge in [0.15, 0.2) is 5.82 Å². The van der Waals surface area contributed by atoms with Crippen molar-refractivity contribution in [2.45, 2.75) is 6.54 Å². The zero-order chi connectivity index (χ0) is 9.97. The lowest BCUT2D eigenvalue weighted by Crippen LogP contribution is -2.07. The first-order valence-electron chi connectivity index (χ1n) is 4.16. The molecule has 0 saturated carbocycles. The van der Waals surface area contributed by atoms with Crippen molar-refractivity contribution in [3.05, 3.63) is 40.8 Å². The molecule has 2 aromatic rings. The predicted octanol–water partition coefficient (Wildman–Crippen LogP) is 1.49. The third kappa shape index (κ3) is 1.69. The van der Waals surface area contributed by atoms with Gasteiger partial charge in [-0.25, -0.2) is 9.67 Å². The van der Waals surface area contributed by atoms with Crippen molar-refractivity contribution in [3.8, 4) is 5.82 Å². The molecule has 0 amide bonds. The number of aromatic nitrogens is 3. The summed E-state index contributed by atoms with van der Waals surface area (Å²) in [5.74, 6) is 0.778. The molecule has 0 spiro atoms. The Bertz CT molecular complexity index is 424. The Morgan fingerprint density at radius 3 is 3.00 bits per heavy atom. The van der Waals surface area contributed by atoms with Crippen LogP contribution in [0.1, 0.15) is 5.56 Å². The Kier molecular flexibility index (Phi) is 2.60. The molecule has 2 N–H and O–H groups in total. The normalized spacial score (nSPS) is 10.4. The maximum atomic E-state index is 5.62. The molecule has 0 aliphatic heterocycles. The molecule has 72 valence electrons. The lowest BCUT2D eigenvalue weighted by Gasteiger charge is -2.06. The van der Waals surface area contributed by atoms with E-state index in [4.69, 9.17) is 5.73 Å². The van der Waals surface area contributed by atoms with Gasteiger partial charge < -0.3 is 5.73 Å². The SMILES string of the molecule is NCc1cc(Br)cnc1-n1cccn1. The van der Waals surface area contributed by atoms with Gasteiger partial charge in [0.25, 0.3) is 0 Å². The van der Waals surface area contributed by atoms with Gasteiger partial charge in [0.1, 0.15) is 0 Å². The highest BCUT2D eigenvalue weighted by molar-refractivity contribution is 9.10. The molecule has 0 aliphatic rings. The Hall–Kier alpha value is -1.20. The highest BCUT2D eigenvalue weighted by atomic mass is 79.9. The van der Waals surface area contributed by atoms with Crippen LogP contribution in [0.5, 0.6) is 0 Å². The number of nitrogens with two attached hydrogens (primary N) is 1. The van der Waals surface area contributed by atoms with Crippen molar-refractivity contribution in [2.24, 2.45) is 5.73 Å². The van der Waals surface area contributed by atoms with Gasteiger partial charge in [0.2, 0.25) is 0 Å². The van der Waals surface area contributed by atoms with E-state index < -0.39 is 0 Å². The number of halogens is 1. The van der Waals surface area contributed by atoms with Gasteiger partial charge in [-0.2, -0.15) is 5.10 Å². The van der Waals surface area contributed by atoms with E-state index in [0.29, 0.717) is 6.54 Å². The average molecular weight is 253 g/mol. The van der Waals surface area contributed by atoms with E-state index in [1.807, 2.05) is 18.3 Å². The zero-order valence-electron chi connectivity index (χ0n) is 7.39.